The number of ether oxygens (including phenoxy) is 1. The predicted octanol–water partition coefficient (Wildman–Crippen LogP) is -1.04. The fraction of sp³-hybridized carbons (Fsp3) is 1.00. The maximum Gasteiger partial charge on any atom is 0.0824 e. The van der Waals surface area contributed by atoms with Crippen LogP contribution in [-0.4, -0.2) is 68.3 Å². The first-order valence-electron chi connectivity index (χ1n) is 5.04. The van der Waals surface area contributed by atoms with Crippen LogP contribution in [0.15, 0.2) is 0 Å². The van der Waals surface area contributed by atoms with Crippen molar-refractivity contribution in [2.45, 2.75) is 12.1 Å². The molecule has 76 valence electrons. The van der Waals surface area contributed by atoms with Crippen molar-refractivity contribution in [1.29, 1.82) is 0 Å². The van der Waals surface area contributed by atoms with E-state index in [4.69, 9.17) is 10.5 Å². The van der Waals surface area contributed by atoms with E-state index in [1.807, 2.05) is 0 Å². The molecule has 4 heteroatoms. The summed E-state index contributed by atoms with van der Waals surface area (Å²) in [5.41, 5.74) is 5.59. The van der Waals surface area contributed by atoms with E-state index >= 15 is 0 Å². The Morgan fingerprint density at radius 3 is 2.77 bits per heavy atom. The second-order valence-electron chi connectivity index (χ2n) is 4.10. The van der Waals surface area contributed by atoms with Gasteiger partial charge < -0.3 is 15.4 Å². The standard InChI is InChI=1S/C9H19N3O/c1-11-5-8(6-11)12-2-3-13-9(4-10)7-12/h8-9H,2-7,10H2,1H3. The molecule has 13 heavy (non-hydrogen) atoms. The van der Waals surface area contributed by atoms with Crippen molar-refractivity contribution >= 4 is 0 Å². The molecule has 0 aliphatic carbocycles. The Morgan fingerprint density at radius 2 is 2.15 bits per heavy atom. The molecule has 2 aliphatic rings. The second-order valence-corrected chi connectivity index (χ2v) is 4.10. The molecule has 2 heterocycles. The first kappa shape index (κ1) is 9.40. The Kier molecular flexibility index (Phi) is 2.83. The third-order valence-electron chi connectivity index (χ3n) is 2.99. The van der Waals surface area contributed by atoms with Crippen molar-refractivity contribution in [3.8, 4) is 0 Å². The second kappa shape index (κ2) is 3.92. The molecule has 0 saturated carbocycles. The summed E-state index contributed by atoms with van der Waals surface area (Å²) >= 11 is 0. The summed E-state index contributed by atoms with van der Waals surface area (Å²) in [6.07, 6.45) is 0.264. The van der Waals surface area contributed by atoms with E-state index < -0.39 is 0 Å². The minimum atomic E-state index is 0.264. The zero-order valence-corrected chi connectivity index (χ0v) is 8.28. The van der Waals surface area contributed by atoms with Gasteiger partial charge in [0.2, 0.25) is 0 Å². The van der Waals surface area contributed by atoms with Crippen LogP contribution in [0.4, 0.5) is 0 Å². The molecule has 2 aliphatic heterocycles. The van der Waals surface area contributed by atoms with Crippen molar-refractivity contribution in [2.24, 2.45) is 5.73 Å². The van der Waals surface area contributed by atoms with E-state index in [1.54, 1.807) is 0 Å². The minimum absolute atomic E-state index is 0.264. The van der Waals surface area contributed by atoms with Gasteiger partial charge in [-0.15, -0.1) is 0 Å². The van der Waals surface area contributed by atoms with Gasteiger partial charge in [-0.1, -0.05) is 0 Å². The number of morpholine rings is 1. The van der Waals surface area contributed by atoms with Gasteiger partial charge >= 0.3 is 0 Å². The molecule has 0 aromatic carbocycles. The number of nitrogens with zero attached hydrogens (tertiary/aromatic N) is 2. The summed E-state index contributed by atoms with van der Waals surface area (Å²) in [4.78, 5) is 4.86. The lowest BCUT2D eigenvalue weighted by Crippen LogP contribution is -2.61. The molecule has 1 unspecified atom stereocenters. The van der Waals surface area contributed by atoms with E-state index in [0.29, 0.717) is 6.54 Å². The largest absolute Gasteiger partial charge is 0.374 e. The quantitative estimate of drug-likeness (QED) is 0.597. The van der Waals surface area contributed by atoms with Crippen LogP contribution in [0.1, 0.15) is 0 Å². The Balaban J connectivity index is 1.79. The first-order chi connectivity index (χ1) is 6.29. The van der Waals surface area contributed by atoms with Gasteiger partial charge in [0.25, 0.3) is 0 Å². The molecule has 4 nitrogen and oxygen atoms in total. The Morgan fingerprint density at radius 1 is 1.38 bits per heavy atom. The smallest absolute Gasteiger partial charge is 0.0824 e. The Labute approximate surface area is 79.6 Å². The molecule has 2 N–H and O–H groups in total. The minimum Gasteiger partial charge on any atom is -0.374 e. The summed E-state index contributed by atoms with van der Waals surface area (Å²) in [5.74, 6) is 0. The summed E-state index contributed by atoms with van der Waals surface area (Å²) < 4.78 is 5.52. The van der Waals surface area contributed by atoms with E-state index in [1.165, 1.54) is 13.1 Å². The topological polar surface area (TPSA) is 41.7 Å². The van der Waals surface area contributed by atoms with E-state index in [-0.39, 0.29) is 6.10 Å². The van der Waals surface area contributed by atoms with Crippen LogP contribution in [0.25, 0.3) is 0 Å². The van der Waals surface area contributed by atoms with Crippen LogP contribution in [-0.2, 0) is 4.74 Å². The highest BCUT2D eigenvalue weighted by molar-refractivity contribution is 4.88. The van der Waals surface area contributed by atoms with Crippen molar-refractivity contribution in [2.75, 3.05) is 46.4 Å². The summed E-state index contributed by atoms with van der Waals surface area (Å²) in [6.45, 7) is 6.01. The lowest BCUT2D eigenvalue weighted by Gasteiger charge is -2.46. The van der Waals surface area contributed by atoms with Crippen LogP contribution in [0.5, 0.6) is 0 Å². The molecule has 0 aromatic rings. The Bertz CT molecular complexity index is 170. The average Bonchev–Trinajstić information content (AvgIpc) is 2.13. The third kappa shape index (κ3) is 2.02. The monoisotopic (exact) mass is 185 g/mol. The molecule has 2 saturated heterocycles. The highest BCUT2D eigenvalue weighted by Gasteiger charge is 2.32. The number of nitrogens with two attached hydrogens (primary N) is 1. The molecule has 0 amide bonds. The summed E-state index contributed by atoms with van der Waals surface area (Å²) in [5, 5.41) is 0. The van der Waals surface area contributed by atoms with Gasteiger partial charge in [-0.3, -0.25) is 4.90 Å². The highest BCUT2D eigenvalue weighted by Crippen LogP contribution is 2.15. The van der Waals surface area contributed by atoms with Crippen LogP contribution in [0.3, 0.4) is 0 Å². The van der Waals surface area contributed by atoms with Crippen molar-refractivity contribution in [1.82, 2.24) is 9.80 Å². The maximum atomic E-state index is 5.59. The zero-order chi connectivity index (χ0) is 9.26. The lowest BCUT2D eigenvalue weighted by molar-refractivity contribution is -0.0640. The van der Waals surface area contributed by atoms with E-state index in [0.717, 1.165) is 25.7 Å². The average molecular weight is 185 g/mol. The number of likely N-dealkylation sites (tertiary alicyclic amines) is 1. The van der Waals surface area contributed by atoms with Crippen LogP contribution in [0, 0.1) is 0 Å². The van der Waals surface area contributed by atoms with E-state index in [2.05, 4.69) is 16.8 Å². The lowest BCUT2D eigenvalue weighted by atomic mass is 10.1. The van der Waals surface area contributed by atoms with Gasteiger partial charge in [0.05, 0.1) is 12.7 Å². The van der Waals surface area contributed by atoms with Gasteiger partial charge in [-0.25, -0.2) is 0 Å². The SMILES string of the molecule is CN1CC(N2CCOC(CN)C2)C1. The van der Waals surface area contributed by atoms with Gasteiger partial charge in [0.1, 0.15) is 0 Å². The normalized spacial score (nSPS) is 33.2. The summed E-state index contributed by atoms with van der Waals surface area (Å²) in [6, 6.07) is 0.753. The third-order valence-corrected chi connectivity index (χ3v) is 2.99. The number of likely N-dealkylation sites (N-methyl/N-ethyl adjacent to an activating group) is 1. The molecule has 1 atom stereocenters. The van der Waals surface area contributed by atoms with Crippen molar-refractivity contribution < 1.29 is 4.74 Å². The molecular formula is C9H19N3O. The number of rotatable bonds is 2. The molecular weight excluding hydrogens is 166 g/mol. The van der Waals surface area contributed by atoms with Crippen LogP contribution in [0.2, 0.25) is 0 Å². The van der Waals surface area contributed by atoms with Gasteiger partial charge in [-0.2, -0.15) is 0 Å². The number of hydrogen-bond acceptors (Lipinski definition) is 4. The van der Waals surface area contributed by atoms with Gasteiger partial charge in [-0.05, 0) is 7.05 Å². The Hall–Kier alpha value is -0.160. The molecule has 0 bridgehead atoms. The highest BCUT2D eigenvalue weighted by atomic mass is 16.5. The maximum absolute atomic E-state index is 5.59. The van der Waals surface area contributed by atoms with Crippen molar-refractivity contribution in [3.63, 3.8) is 0 Å². The van der Waals surface area contributed by atoms with Crippen molar-refractivity contribution in [3.05, 3.63) is 0 Å². The first-order valence-corrected chi connectivity index (χ1v) is 5.04. The van der Waals surface area contributed by atoms with Crippen LogP contribution >= 0.6 is 0 Å². The predicted molar refractivity (Wildman–Crippen MR) is 51.7 cm³/mol. The van der Waals surface area contributed by atoms with Gasteiger partial charge in [0, 0.05) is 38.8 Å². The molecule has 2 fully saturated rings. The summed E-state index contributed by atoms with van der Waals surface area (Å²) in [7, 11) is 2.16. The van der Waals surface area contributed by atoms with Crippen LogP contribution < -0.4 is 5.73 Å². The fourth-order valence-corrected chi connectivity index (χ4v) is 2.11. The molecule has 0 spiro atoms. The molecule has 0 aromatic heterocycles. The zero-order valence-electron chi connectivity index (χ0n) is 8.28. The fourth-order valence-electron chi connectivity index (χ4n) is 2.11. The van der Waals surface area contributed by atoms with E-state index in [9.17, 15) is 0 Å². The number of hydrogen-bond donors (Lipinski definition) is 1. The molecule has 0 radical (unpaired) electrons. The van der Waals surface area contributed by atoms with Gasteiger partial charge in [0.15, 0.2) is 0 Å². The molecule has 2 rings (SSSR count).